The number of carbonyl (C=O) groups excluding carboxylic acids is 1. The number of aliphatic hydroxyl groups is 1. The fraction of sp³-hybridized carbons (Fsp3) is 0.452. The molecule has 1 amide bonds. The van der Waals surface area contributed by atoms with Gasteiger partial charge in [0.05, 0.1) is 17.9 Å². The van der Waals surface area contributed by atoms with E-state index in [0.717, 1.165) is 85.8 Å². The van der Waals surface area contributed by atoms with Gasteiger partial charge in [0.2, 0.25) is 5.88 Å². The van der Waals surface area contributed by atoms with Crippen molar-refractivity contribution in [1.29, 1.82) is 0 Å². The van der Waals surface area contributed by atoms with Crippen molar-refractivity contribution in [3.8, 4) is 11.6 Å². The van der Waals surface area contributed by atoms with E-state index in [2.05, 4.69) is 27.0 Å². The molecule has 2 aromatic carbocycles. The first-order valence-corrected chi connectivity index (χ1v) is 14.8. The van der Waals surface area contributed by atoms with Crippen molar-refractivity contribution in [2.75, 3.05) is 32.7 Å². The van der Waals surface area contributed by atoms with Gasteiger partial charge in [0.15, 0.2) is 0 Å². The lowest BCUT2D eigenvalue weighted by molar-refractivity contribution is 0.0501. The molecule has 4 aromatic rings. The van der Waals surface area contributed by atoms with Crippen LogP contribution in [0.15, 0.2) is 53.1 Å². The van der Waals surface area contributed by atoms with E-state index >= 15 is 0 Å². The SMILES string of the molecule is C[C@@H](CN1CCC(NC(=O)Oc2cc3c(OCc4coc5cc(Cl)ccc45)cccc3[nH]2)CC1)N1CCC(O)CC1.Cl.Cl. The van der Waals surface area contributed by atoms with Crippen molar-refractivity contribution in [2.45, 2.75) is 57.4 Å². The Bertz CT molecular complexity index is 1500. The summed E-state index contributed by atoms with van der Waals surface area (Å²) in [6, 6.07) is 13.6. The van der Waals surface area contributed by atoms with Gasteiger partial charge in [-0.15, -0.1) is 24.8 Å². The van der Waals surface area contributed by atoms with Crippen LogP contribution in [0.5, 0.6) is 11.6 Å². The number of carbonyl (C=O) groups is 1. The molecule has 4 heterocycles. The first kappa shape index (κ1) is 33.2. The van der Waals surface area contributed by atoms with Crippen LogP contribution in [0.25, 0.3) is 21.9 Å². The van der Waals surface area contributed by atoms with Gasteiger partial charge in [-0.3, -0.25) is 4.90 Å². The molecule has 6 rings (SSSR count). The number of aromatic nitrogens is 1. The van der Waals surface area contributed by atoms with Crippen molar-refractivity contribution in [3.63, 3.8) is 0 Å². The number of likely N-dealkylation sites (tertiary alicyclic amines) is 2. The van der Waals surface area contributed by atoms with Gasteiger partial charge < -0.3 is 34.2 Å². The number of halogens is 3. The summed E-state index contributed by atoms with van der Waals surface area (Å²) in [6.07, 6.45) is 4.59. The van der Waals surface area contributed by atoms with E-state index in [0.29, 0.717) is 29.3 Å². The lowest BCUT2D eigenvalue weighted by Gasteiger charge is -2.39. The number of nitrogens with zero attached hydrogens (tertiary/aromatic N) is 2. The Labute approximate surface area is 268 Å². The van der Waals surface area contributed by atoms with Crippen molar-refractivity contribution in [1.82, 2.24) is 20.1 Å². The van der Waals surface area contributed by atoms with E-state index in [1.54, 1.807) is 18.4 Å². The Hall–Kier alpha value is -2.66. The molecule has 2 fully saturated rings. The lowest BCUT2D eigenvalue weighted by atomic mass is 10.0. The molecule has 0 aliphatic carbocycles. The molecule has 0 saturated carbocycles. The smallest absolute Gasteiger partial charge is 0.414 e. The standard InChI is InChI=1S/C31H37ClN4O5.2ClH/c1-20(36-13-9-24(37)10-14-36)17-35-11-7-23(8-12-35)33-31(38)41-30-16-26-27(34-30)3-2-4-28(26)39-18-21-19-40-29-15-22(32)5-6-25(21)29;;/h2-6,15-16,19-20,23-24,34,37H,7-14,17-18H2,1H3,(H,33,38);2*1H/t20-;;/m0../s1. The van der Waals surface area contributed by atoms with E-state index in [4.69, 9.17) is 25.5 Å². The van der Waals surface area contributed by atoms with Gasteiger partial charge >= 0.3 is 6.09 Å². The Balaban J connectivity index is 0.00000212. The summed E-state index contributed by atoms with van der Waals surface area (Å²) in [7, 11) is 0. The van der Waals surface area contributed by atoms with Crippen LogP contribution in [-0.4, -0.2) is 76.9 Å². The second kappa shape index (κ2) is 14.9. The monoisotopic (exact) mass is 652 g/mol. The number of ether oxygens (including phenoxy) is 2. The number of piperidine rings is 2. The van der Waals surface area contributed by atoms with Crippen LogP contribution in [0.2, 0.25) is 5.02 Å². The average molecular weight is 654 g/mol. The molecule has 12 heteroatoms. The summed E-state index contributed by atoms with van der Waals surface area (Å²) in [4.78, 5) is 20.8. The molecule has 2 aromatic heterocycles. The number of aromatic amines is 1. The molecule has 9 nitrogen and oxygen atoms in total. The van der Waals surface area contributed by atoms with E-state index in [1.165, 1.54) is 0 Å². The molecule has 2 saturated heterocycles. The van der Waals surface area contributed by atoms with Gasteiger partial charge in [0, 0.05) is 72.2 Å². The van der Waals surface area contributed by atoms with Gasteiger partial charge in [-0.1, -0.05) is 17.7 Å². The molecule has 2 aliphatic rings. The number of hydrogen-bond donors (Lipinski definition) is 3. The number of H-pyrrole nitrogens is 1. The van der Waals surface area contributed by atoms with Gasteiger partial charge in [-0.25, -0.2) is 4.79 Å². The Morgan fingerprint density at radius 1 is 1.09 bits per heavy atom. The van der Waals surface area contributed by atoms with Crippen molar-refractivity contribution < 1.29 is 23.8 Å². The van der Waals surface area contributed by atoms with E-state index in [1.807, 2.05) is 30.3 Å². The normalized spacial score (nSPS) is 17.7. The molecular formula is C31H39Cl3N4O5. The molecule has 0 spiro atoms. The fourth-order valence-electron chi connectivity index (χ4n) is 5.98. The van der Waals surface area contributed by atoms with Crippen LogP contribution < -0.4 is 14.8 Å². The van der Waals surface area contributed by atoms with Crippen LogP contribution in [0.4, 0.5) is 4.79 Å². The van der Waals surface area contributed by atoms with E-state index < -0.39 is 6.09 Å². The number of aliphatic hydroxyl groups excluding tert-OH is 1. The third kappa shape index (κ3) is 8.09. The number of furan rings is 1. The minimum absolute atomic E-state index is 0. The highest BCUT2D eigenvalue weighted by Crippen LogP contribution is 2.31. The third-order valence-electron chi connectivity index (χ3n) is 8.36. The first-order valence-electron chi connectivity index (χ1n) is 14.4. The lowest BCUT2D eigenvalue weighted by Crippen LogP contribution is -2.50. The van der Waals surface area contributed by atoms with Gasteiger partial charge in [0.1, 0.15) is 17.9 Å². The summed E-state index contributed by atoms with van der Waals surface area (Å²) in [5.74, 6) is 1.05. The number of benzene rings is 2. The number of rotatable bonds is 8. The van der Waals surface area contributed by atoms with Crippen molar-refractivity contribution in [3.05, 3.63) is 59.3 Å². The van der Waals surface area contributed by atoms with Gasteiger partial charge in [-0.05, 0) is 62.9 Å². The molecule has 234 valence electrons. The van der Waals surface area contributed by atoms with Crippen LogP contribution in [0.1, 0.15) is 38.2 Å². The predicted octanol–water partition coefficient (Wildman–Crippen LogP) is 6.39. The largest absolute Gasteiger partial charge is 0.488 e. The highest BCUT2D eigenvalue weighted by atomic mass is 35.5. The van der Waals surface area contributed by atoms with Crippen molar-refractivity contribution >= 4 is 64.4 Å². The quantitative estimate of drug-likeness (QED) is 0.203. The van der Waals surface area contributed by atoms with Crippen LogP contribution in [0, 0.1) is 0 Å². The van der Waals surface area contributed by atoms with Gasteiger partial charge in [-0.2, -0.15) is 0 Å². The highest BCUT2D eigenvalue weighted by molar-refractivity contribution is 6.31. The maximum absolute atomic E-state index is 12.7. The maximum atomic E-state index is 12.7. The summed E-state index contributed by atoms with van der Waals surface area (Å²) >= 11 is 6.06. The molecule has 2 aliphatic heterocycles. The Kier molecular flexibility index (Phi) is 11.5. The Morgan fingerprint density at radius 3 is 2.63 bits per heavy atom. The summed E-state index contributed by atoms with van der Waals surface area (Å²) in [6.45, 7) is 7.42. The minimum Gasteiger partial charge on any atom is -0.488 e. The molecule has 43 heavy (non-hydrogen) atoms. The zero-order valence-electron chi connectivity index (χ0n) is 24.1. The number of hydrogen-bond acceptors (Lipinski definition) is 7. The predicted molar refractivity (Wildman–Crippen MR) is 173 cm³/mol. The Morgan fingerprint density at radius 2 is 1.86 bits per heavy atom. The van der Waals surface area contributed by atoms with Crippen molar-refractivity contribution in [2.24, 2.45) is 0 Å². The van der Waals surface area contributed by atoms with Crippen LogP contribution in [-0.2, 0) is 6.61 Å². The summed E-state index contributed by atoms with van der Waals surface area (Å²) < 4.78 is 17.4. The fourth-order valence-corrected chi connectivity index (χ4v) is 6.14. The molecule has 0 radical (unpaired) electrons. The topological polar surface area (TPSA) is 103 Å². The average Bonchev–Trinajstić information content (AvgIpc) is 3.56. The van der Waals surface area contributed by atoms with Gasteiger partial charge in [0.25, 0.3) is 0 Å². The number of fused-ring (bicyclic) bond motifs is 2. The van der Waals surface area contributed by atoms with E-state index in [9.17, 15) is 9.90 Å². The molecule has 0 unspecified atom stereocenters. The third-order valence-corrected chi connectivity index (χ3v) is 8.59. The minimum atomic E-state index is -0.457. The molecule has 1 atom stereocenters. The first-order chi connectivity index (χ1) is 19.9. The number of nitrogens with one attached hydrogen (secondary N) is 2. The zero-order valence-corrected chi connectivity index (χ0v) is 26.5. The maximum Gasteiger partial charge on any atom is 0.414 e. The molecule has 3 N–H and O–H groups in total. The second-order valence-electron chi connectivity index (χ2n) is 11.3. The molecular weight excluding hydrogens is 615 g/mol. The zero-order chi connectivity index (χ0) is 28.3. The number of amides is 1. The summed E-state index contributed by atoms with van der Waals surface area (Å²) in [5.41, 5.74) is 2.46. The second-order valence-corrected chi connectivity index (χ2v) is 11.7. The summed E-state index contributed by atoms with van der Waals surface area (Å²) in [5, 5.41) is 15.2. The van der Waals surface area contributed by atoms with Crippen LogP contribution in [0.3, 0.4) is 0 Å². The van der Waals surface area contributed by atoms with E-state index in [-0.39, 0.29) is 37.0 Å². The van der Waals surface area contributed by atoms with Crippen LogP contribution >= 0.6 is 36.4 Å². The molecule has 0 bridgehead atoms. The highest BCUT2D eigenvalue weighted by Gasteiger charge is 2.26.